The van der Waals surface area contributed by atoms with Crippen LogP contribution in [0.3, 0.4) is 0 Å². The Morgan fingerprint density at radius 1 is 0.816 bits per heavy atom. The molecule has 0 aliphatic carbocycles. The number of rotatable bonds is 7. The van der Waals surface area contributed by atoms with Crippen molar-refractivity contribution in [2.45, 2.75) is 42.4 Å². The molecule has 1 amide bonds. The average Bonchev–Trinajstić information content (AvgIpc) is 3.17. The number of sulfonamides is 2. The Labute approximate surface area is 233 Å². The number of carbonyl (C=O) groups excluding carboxylic acids is 1. The summed E-state index contributed by atoms with van der Waals surface area (Å²) >= 11 is 12.2. The molecule has 0 bridgehead atoms. The van der Waals surface area contributed by atoms with E-state index >= 15 is 0 Å². The van der Waals surface area contributed by atoms with Crippen LogP contribution in [0.2, 0.25) is 10.0 Å². The van der Waals surface area contributed by atoms with Gasteiger partial charge in [-0.25, -0.2) is 16.8 Å². The Hall–Kier alpha value is -2.63. The summed E-state index contributed by atoms with van der Waals surface area (Å²) in [5, 5.41) is 3.14. The highest BCUT2D eigenvalue weighted by atomic mass is 35.5. The number of benzene rings is 3. The van der Waals surface area contributed by atoms with Crippen LogP contribution in [-0.2, 0) is 20.0 Å². The standard InChI is InChI=1S/C26H27Cl2N3O5S2/c1-18-6-7-19(27)16-25(18)30-37(33,34)21-10-8-20(9-11-21)29-26(32)23-17-22(12-13-24(23)28)38(35,36)31-14-4-2-3-5-15-31/h6-13,16-17,30H,2-5,14-15H2,1H3,(H,29,32). The van der Waals surface area contributed by atoms with Crippen molar-refractivity contribution in [2.24, 2.45) is 0 Å². The van der Waals surface area contributed by atoms with E-state index in [9.17, 15) is 21.6 Å². The molecule has 1 heterocycles. The second-order valence-corrected chi connectivity index (χ2v) is 13.5. The van der Waals surface area contributed by atoms with E-state index in [0.29, 0.717) is 35.1 Å². The first-order valence-corrected chi connectivity index (χ1v) is 15.7. The first-order valence-electron chi connectivity index (χ1n) is 12.0. The fourth-order valence-electron chi connectivity index (χ4n) is 4.09. The Morgan fingerprint density at radius 3 is 2.11 bits per heavy atom. The third-order valence-corrected chi connectivity index (χ3v) is 10.1. The van der Waals surface area contributed by atoms with Crippen molar-refractivity contribution in [3.8, 4) is 0 Å². The summed E-state index contributed by atoms with van der Waals surface area (Å²) < 4.78 is 55.9. The molecular weight excluding hydrogens is 569 g/mol. The molecule has 0 unspecified atom stereocenters. The Bertz CT molecular complexity index is 1550. The van der Waals surface area contributed by atoms with E-state index < -0.39 is 26.0 Å². The number of nitrogens with one attached hydrogen (secondary N) is 2. The van der Waals surface area contributed by atoms with Crippen LogP contribution in [-0.4, -0.2) is 40.1 Å². The lowest BCUT2D eigenvalue weighted by Gasteiger charge is -2.20. The number of amides is 1. The van der Waals surface area contributed by atoms with Gasteiger partial charge in [0.25, 0.3) is 15.9 Å². The molecule has 1 aliphatic rings. The largest absolute Gasteiger partial charge is 0.322 e. The van der Waals surface area contributed by atoms with Crippen LogP contribution >= 0.6 is 23.2 Å². The molecule has 1 aliphatic heterocycles. The van der Waals surface area contributed by atoms with Crippen molar-refractivity contribution in [3.63, 3.8) is 0 Å². The number of anilines is 2. The topological polar surface area (TPSA) is 113 Å². The van der Waals surface area contributed by atoms with Gasteiger partial charge in [-0.2, -0.15) is 4.31 Å². The Kier molecular flexibility index (Phi) is 8.68. The molecule has 3 aromatic rings. The lowest BCUT2D eigenvalue weighted by Crippen LogP contribution is -2.32. The molecule has 1 saturated heterocycles. The van der Waals surface area contributed by atoms with E-state index in [4.69, 9.17) is 23.2 Å². The van der Waals surface area contributed by atoms with Gasteiger partial charge in [-0.15, -0.1) is 0 Å². The second-order valence-electron chi connectivity index (χ2n) is 9.00. The number of hydrogen-bond donors (Lipinski definition) is 2. The molecule has 3 aromatic carbocycles. The molecule has 0 aromatic heterocycles. The number of aryl methyl sites for hydroxylation is 1. The third-order valence-electron chi connectivity index (χ3n) is 6.25. The van der Waals surface area contributed by atoms with E-state index in [1.54, 1.807) is 19.1 Å². The second kappa shape index (κ2) is 11.6. The fraction of sp³-hybridized carbons (Fsp3) is 0.269. The molecule has 2 N–H and O–H groups in total. The quantitative estimate of drug-likeness (QED) is 0.352. The molecule has 12 heteroatoms. The fourth-order valence-corrected chi connectivity index (χ4v) is 7.13. The summed E-state index contributed by atoms with van der Waals surface area (Å²) in [6.07, 6.45) is 3.55. The Balaban J connectivity index is 1.51. The van der Waals surface area contributed by atoms with Crippen molar-refractivity contribution in [2.75, 3.05) is 23.1 Å². The van der Waals surface area contributed by atoms with Crippen LogP contribution < -0.4 is 10.0 Å². The number of hydrogen-bond acceptors (Lipinski definition) is 5. The van der Waals surface area contributed by atoms with Crippen molar-refractivity contribution >= 4 is 60.5 Å². The molecule has 1 fully saturated rings. The highest BCUT2D eigenvalue weighted by Gasteiger charge is 2.27. The summed E-state index contributed by atoms with van der Waals surface area (Å²) in [4.78, 5) is 13.0. The lowest BCUT2D eigenvalue weighted by molar-refractivity contribution is 0.102. The smallest absolute Gasteiger partial charge is 0.261 e. The number of carbonyl (C=O) groups is 1. The van der Waals surface area contributed by atoms with Gasteiger partial charge in [-0.05, 0) is 79.9 Å². The summed E-state index contributed by atoms with van der Waals surface area (Å²) in [6.45, 7) is 2.63. The van der Waals surface area contributed by atoms with Gasteiger partial charge in [0.05, 0.1) is 26.1 Å². The van der Waals surface area contributed by atoms with E-state index in [0.717, 1.165) is 25.7 Å². The monoisotopic (exact) mass is 595 g/mol. The zero-order valence-corrected chi connectivity index (χ0v) is 23.7. The zero-order valence-electron chi connectivity index (χ0n) is 20.6. The minimum atomic E-state index is -3.91. The predicted molar refractivity (Wildman–Crippen MR) is 150 cm³/mol. The third kappa shape index (κ3) is 6.50. The van der Waals surface area contributed by atoms with Gasteiger partial charge in [-0.3, -0.25) is 9.52 Å². The molecule has 202 valence electrons. The molecule has 0 spiro atoms. The van der Waals surface area contributed by atoms with Crippen molar-refractivity contribution < 1.29 is 21.6 Å². The van der Waals surface area contributed by atoms with Gasteiger partial charge in [0, 0.05) is 23.8 Å². The molecule has 0 radical (unpaired) electrons. The first-order chi connectivity index (χ1) is 18.0. The average molecular weight is 597 g/mol. The van der Waals surface area contributed by atoms with Crippen LogP contribution in [0.4, 0.5) is 11.4 Å². The van der Waals surface area contributed by atoms with Crippen LogP contribution in [0.1, 0.15) is 41.6 Å². The maximum absolute atomic E-state index is 13.2. The van der Waals surface area contributed by atoms with E-state index in [1.807, 2.05) is 0 Å². The van der Waals surface area contributed by atoms with E-state index in [2.05, 4.69) is 10.0 Å². The van der Waals surface area contributed by atoms with Crippen molar-refractivity contribution in [1.29, 1.82) is 0 Å². The van der Waals surface area contributed by atoms with Crippen LogP contribution in [0.25, 0.3) is 0 Å². The summed E-state index contributed by atoms with van der Waals surface area (Å²) in [6, 6.07) is 14.5. The van der Waals surface area contributed by atoms with Gasteiger partial charge >= 0.3 is 0 Å². The molecule has 0 saturated carbocycles. The maximum atomic E-state index is 13.2. The first kappa shape index (κ1) is 28.4. The van der Waals surface area contributed by atoms with Gasteiger partial charge in [0.15, 0.2) is 0 Å². The molecular formula is C26H27Cl2N3O5S2. The minimum absolute atomic E-state index is 0.00206. The van der Waals surface area contributed by atoms with E-state index in [1.165, 1.54) is 52.8 Å². The SMILES string of the molecule is Cc1ccc(Cl)cc1NS(=O)(=O)c1ccc(NC(=O)c2cc(S(=O)(=O)N3CCCCCC3)ccc2Cl)cc1. The zero-order chi connectivity index (χ0) is 27.5. The van der Waals surface area contributed by atoms with Gasteiger partial charge in [0.2, 0.25) is 10.0 Å². The maximum Gasteiger partial charge on any atom is 0.261 e. The van der Waals surface area contributed by atoms with Crippen molar-refractivity contribution in [1.82, 2.24) is 4.31 Å². The van der Waals surface area contributed by atoms with Crippen molar-refractivity contribution in [3.05, 3.63) is 81.8 Å². The number of halogens is 2. The molecule has 8 nitrogen and oxygen atoms in total. The normalized spacial score (nSPS) is 15.0. The molecule has 4 rings (SSSR count). The summed E-state index contributed by atoms with van der Waals surface area (Å²) in [5.74, 6) is -0.619. The van der Waals surface area contributed by atoms with Crippen LogP contribution in [0, 0.1) is 6.92 Å². The molecule has 0 atom stereocenters. The highest BCUT2D eigenvalue weighted by molar-refractivity contribution is 7.92. The molecule has 38 heavy (non-hydrogen) atoms. The van der Waals surface area contributed by atoms with Gasteiger partial charge < -0.3 is 5.32 Å². The number of nitrogens with zero attached hydrogens (tertiary/aromatic N) is 1. The predicted octanol–water partition coefficient (Wildman–Crippen LogP) is 5.92. The van der Waals surface area contributed by atoms with Crippen LogP contribution in [0.15, 0.2) is 70.5 Å². The Morgan fingerprint density at radius 2 is 1.45 bits per heavy atom. The highest BCUT2D eigenvalue weighted by Crippen LogP contribution is 2.27. The van der Waals surface area contributed by atoms with Gasteiger partial charge in [-0.1, -0.05) is 42.1 Å². The van der Waals surface area contributed by atoms with Crippen LogP contribution in [0.5, 0.6) is 0 Å². The minimum Gasteiger partial charge on any atom is -0.322 e. The summed E-state index contributed by atoms with van der Waals surface area (Å²) in [5.41, 5.74) is 1.38. The van der Waals surface area contributed by atoms with Gasteiger partial charge in [0.1, 0.15) is 0 Å². The summed E-state index contributed by atoms with van der Waals surface area (Å²) in [7, 11) is -7.68. The lowest BCUT2D eigenvalue weighted by atomic mass is 10.2. The van der Waals surface area contributed by atoms with E-state index in [-0.39, 0.29) is 20.4 Å².